The number of rotatable bonds is 1. The Balaban J connectivity index is 3.19. The summed E-state index contributed by atoms with van der Waals surface area (Å²) in [5, 5.41) is 0. The second-order valence-electron chi connectivity index (χ2n) is 2.38. The van der Waals surface area contributed by atoms with Gasteiger partial charge < -0.3 is 0 Å². The molecule has 2 nitrogen and oxygen atoms in total. The van der Waals surface area contributed by atoms with Gasteiger partial charge in [0.1, 0.15) is 4.60 Å². The summed E-state index contributed by atoms with van der Waals surface area (Å²) in [4.78, 5) is 15.0. The number of carbonyl (C=O) groups is 1. The number of carbonyl (C=O) groups excluding carboxylic acids is 1. The van der Waals surface area contributed by atoms with Crippen LogP contribution in [0.15, 0.2) is 16.7 Å². The zero-order valence-corrected chi connectivity index (χ0v) is 7.97. The van der Waals surface area contributed by atoms with Gasteiger partial charge in [0.2, 0.25) is 0 Å². The van der Waals surface area contributed by atoms with Crippen molar-refractivity contribution in [1.82, 2.24) is 4.98 Å². The highest BCUT2D eigenvalue weighted by Gasteiger charge is 2.01. The number of ketones is 1. The van der Waals surface area contributed by atoms with E-state index in [0.717, 1.165) is 5.69 Å². The molecule has 0 unspecified atom stereocenters. The highest BCUT2D eigenvalue weighted by Crippen LogP contribution is 2.11. The lowest BCUT2D eigenvalue weighted by Gasteiger charge is -1.97. The van der Waals surface area contributed by atoms with Crippen molar-refractivity contribution >= 4 is 21.7 Å². The summed E-state index contributed by atoms with van der Waals surface area (Å²) in [5.41, 5.74) is 1.55. The van der Waals surface area contributed by atoms with E-state index in [1.54, 1.807) is 19.1 Å². The summed E-state index contributed by atoms with van der Waals surface area (Å²) < 4.78 is 0.711. The minimum absolute atomic E-state index is 0.0659. The number of hydrogen-bond acceptors (Lipinski definition) is 2. The van der Waals surface area contributed by atoms with Crippen LogP contribution in [-0.4, -0.2) is 10.8 Å². The van der Waals surface area contributed by atoms with Gasteiger partial charge in [0.05, 0.1) is 0 Å². The number of aromatic nitrogens is 1. The Morgan fingerprint density at radius 2 is 2.18 bits per heavy atom. The molecule has 0 aliphatic carbocycles. The highest BCUT2D eigenvalue weighted by atomic mass is 79.9. The maximum absolute atomic E-state index is 10.9. The largest absolute Gasteiger partial charge is 0.295 e. The second kappa shape index (κ2) is 3.13. The van der Waals surface area contributed by atoms with Crippen LogP contribution < -0.4 is 0 Å². The Hall–Kier alpha value is -0.700. The minimum atomic E-state index is 0.0659. The number of hydrogen-bond donors (Lipinski definition) is 0. The zero-order valence-electron chi connectivity index (χ0n) is 6.39. The lowest BCUT2D eigenvalue weighted by atomic mass is 10.2. The second-order valence-corrected chi connectivity index (χ2v) is 3.19. The van der Waals surface area contributed by atoms with Gasteiger partial charge >= 0.3 is 0 Å². The molecule has 0 saturated heterocycles. The molecule has 58 valence electrons. The summed E-state index contributed by atoms with van der Waals surface area (Å²) in [7, 11) is 0. The van der Waals surface area contributed by atoms with Crippen LogP contribution in [0, 0.1) is 6.92 Å². The fourth-order valence-corrected chi connectivity index (χ4v) is 1.36. The third kappa shape index (κ3) is 2.12. The predicted octanol–water partition coefficient (Wildman–Crippen LogP) is 2.36. The van der Waals surface area contributed by atoms with E-state index in [-0.39, 0.29) is 5.78 Å². The molecule has 0 aliphatic heterocycles. The van der Waals surface area contributed by atoms with Crippen molar-refractivity contribution in [2.24, 2.45) is 0 Å². The number of aryl methyl sites for hydroxylation is 1. The molecule has 0 aromatic carbocycles. The normalized spacial score (nSPS) is 9.73. The minimum Gasteiger partial charge on any atom is -0.295 e. The van der Waals surface area contributed by atoms with Gasteiger partial charge in [-0.15, -0.1) is 0 Å². The van der Waals surface area contributed by atoms with Crippen LogP contribution in [0.2, 0.25) is 0 Å². The molecule has 0 spiro atoms. The first kappa shape index (κ1) is 8.40. The Kier molecular flexibility index (Phi) is 2.39. The lowest BCUT2D eigenvalue weighted by Crippen LogP contribution is -1.94. The van der Waals surface area contributed by atoms with E-state index < -0.39 is 0 Å². The first-order valence-electron chi connectivity index (χ1n) is 3.25. The first-order valence-corrected chi connectivity index (χ1v) is 4.04. The molecule has 1 aromatic rings. The van der Waals surface area contributed by atoms with Gasteiger partial charge in [-0.05, 0) is 41.9 Å². The molecule has 0 bridgehead atoms. The van der Waals surface area contributed by atoms with Crippen LogP contribution >= 0.6 is 15.9 Å². The molecule has 0 atom stereocenters. The van der Waals surface area contributed by atoms with Crippen molar-refractivity contribution in [2.45, 2.75) is 13.8 Å². The van der Waals surface area contributed by atoms with E-state index in [1.165, 1.54) is 0 Å². The van der Waals surface area contributed by atoms with E-state index in [4.69, 9.17) is 0 Å². The number of Topliss-reactive ketones (excluding diaryl/α,β-unsaturated/α-hetero) is 1. The Labute approximate surface area is 73.8 Å². The van der Waals surface area contributed by atoms with Crippen LogP contribution in [0.3, 0.4) is 0 Å². The van der Waals surface area contributed by atoms with Gasteiger partial charge in [0.15, 0.2) is 5.78 Å². The molecule has 0 saturated carbocycles. The molecular weight excluding hydrogens is 206 g/mol. The molecule has 0 fully saturated rings. The van der Waals surface area contributed by atoms with Crippen LogP contribution in [0.5, 0.6) is 0 Å². The third-order valence-electron chi connectivity index (χ3n) is 1.33. The van der Waals surface area contributed by atoms with Crippen molar-refractivity contribution in [3.63, 3.8) is 0 Å². The van der Waals surface area contributed by atoms with E-state index in [9.17, 15) is 4.79 Å². The molecule has 11 heavy (non-hydrogen) atoms. The molecule has 0 aliphatic rings. The van der Waals surface area contributed by atoms with Crippen molar-refractivity contribution in [3.05, 3.63) is 28.0 Å². The van der Waals surface area contributed by atoms with Gasteiger partial charge in [-0.25, -0.2) is 4.98 Å². The Morgan fingerprint density at radius 1 is 1.55 bits per heavy atom. The molecule has 0 N–H and O–H groups in total. The van der Waals surface area contributed by atoms with Crippen molar-refractivity contribution in [1.29, 1.82) is 0 Å². The maximum Gasteiger partial charge on any atom is 0.159 e. The quantitative estimate of drug-likeness (QED) is 0.530. The van der Waals surface area contributed by atoms with E-state index in [0.29, 0.717) is 10.2 Å². The van der Waals surface area contributed by atoms with Gasteiger partial charge in [0, 0.05) is 11.3 Å². The van der Waals surface area contributed by atoms with E-state index in [1.807, 2.05) is 6.92 Å². The summed E-state index contributed by atoms with van der Waals surface area (Å²) in [6, 6.07) is 3.49. The summed E-state index contributed by atoms with van der Waals surface area (Å²) in [6.45, 7) is 3.40. The summed E-state index contributed by atoms with van der Waals surface area (Å²) >= 11 is 3.22. The van der Waals surface area contributed by atoms with E-state index >= 15 is 0 Å². The first-order chi connectivity index (χ1) is 5.09. The van der Waals surface area contributed by atoms with Crippen LogP contribution in [0.25, 0.3) is 0 Å². The van der Waals surface area contributed by atoms with Gasteiger partial charge in [0.25, 0.3) is 0 Å². The maximum atomic E-state index is 10.9. The third-order valence-corrected chi connectivity index (χ3v) is 1.73. The monoisotopic (exact) mass is 213 g/mol. The van der Waals surface area contributed by atoms with Crippen molar-refractivity contribution < 1.29 is 4.79 Å². The van der Waals surface area contributed by atoms with Crippen LogP contribution in [0.1, 0.15) is 23.0 Å². The topological polar surface area (TPSA) is 30.0 Å². The smallest absolute Gasteiger partial charge is 0.159 e. The molecule has 1 heterocycles. The Bertz CT molecular complexity index is 276. The average Bonchev–Trinajstić information content (AvgIpc) is 1.85. The highest BCUT2D eigenvalue weighted by molar-refractivity contribution is 9.10. The van der Waals surface area contributed by atoms with Crippen LogP contribution in [-0.2, 0) is 0 Å². The van der Waals surface area contributed by atoms with Gasteiger partial charge in [-0.2, -0.15) is 0 Å². The predicted molar refractivity (Wildman–Crippen MR) is 46.7 cm³/mol. The van der Waals surface area contributed by atoms with Gasteiger partial charge in [-0.1, -0.05) is 0 Å². The summed E-state index contributed by atoms with van der Waals surface area (Å²) in [6.07, 6.45) is 0. The molecule has 3 heteroatoms. The molecule has 1 aromatic heterocycles. The van der Waals surface area contributed by atoms with E-state index in [2.05, 4.69) is 20.9 Å². The fraction of sp³-hybridized carbons (Fsp3) is 0.250. The lowest BCUT2D eigenvalue weighted by molar-refractivity contribution is 0.101. The average molecular weight is 214 g/mol. The fourth-order valence-electron chi connectivity index (χ4n) is 0.831. The molecule has 0 amide bonds. The number of halogens is 1. The SMILES string of the molecule is CC(=O)c1cc(C)nc(Br)c1. The van der Waals surface area contributed by atoms with Gasteiger partial charge in [-0.3, -0.25) is 4.79 Å². The summed E-state index contributed by atoms with van der Waals surface area (Å²) in [5.74, 6) is 0.0659. The molecule has 0 radical (unpaired) electrons. The molecule has 1 rings (SSSR count). The molecular formula is C8H8BrNO. The Morgan fingerprint density at radius 3 is 2.64 bits per heavy atom. The zero-order chi connectivity index (χ0) is 8.43. The van der Waals surface area contributed by atoms with Crippen LogP contribution in [0.4, 0.5) is 0 Å². The number of pyridine rings is 1. The van der Waals surface area contributed by atoms with Crippen molar-refractivity contribution in [2.75, 3.05) is 0 Å². The van der Waals surface area contributed by atoms with Crippen molar-refractivity contribution in [3.8, 4) is 0 Å². The number of nitrogens with zero attached hydrogens (tertiary/aromatic N) is 1. The standard InChI is InChI=1S/C8H8BrNO/c1-5-3-7(6(2)11)4-8(9)10-5/h3-4H,1-2H3.